The van der Waals surface area contributed by atoms with Crippen LogP contribution in [0.2, 0.25) is 0 Å². The molecular formula is C47H55NO13. The molecule has 6 N–H and O–H groups in total. The molecule has 0 radical (unpaired) electrons. The van der Waals surface area contributed by atoms with Gasteiger partial charge in [0.05, 0.1) is 48.2 Å². The molecule has 4 aliphatic rings. The molecule has 6 atom stereocenters. The quantitative estimate of drug-likeness (QED) is 0.0565. The number of carbonyl (C=O) groups excluding carboxylic acids is 4. The fourth-order valence-electron chi connectivity index (χ4n) is 8.86. The van der Waals surface area contributed by atoms with Crippen LogP contribution in [0.15, 0.2) is 76.9 Å². The van der Waals surface area contributed by atoms with Gasteiger partial charge in [-0.05, 0) is 69.6 Å². The molecule has 2 aromatic carbocycles. The highest BCUT2D eigenvalue weighted by atomic mass is 16.7. The van der Waals surface area contributed by atoms with Crippen molar-refractivity contribution < 1.29 is 63.8 Å². The number of benzene rings is 2. The first-order valence-corrected chi connectivity index (χ1v) is 20.4. The zero-order valence-electron chi connectivity index (χ0n) is 35.5. The third kappa shape index (κ3) is 9.06. The highest BCUT2D eigenvalue weighted by Gasteiger charge is 2.50. The van der Waals surface area contributed by atoms with E-state index in [1.807, 2.05) is 19.1 Å². The molecule has 0 amide bonds. The van der Waals surface area contributed by atoms with Crippen LogP contribution in [0.5, 0.6) is 17.2 Å². The summed E-state index contributed by atoms with van der Waals surface area (Å²) in [5, 5.41) is 55.8. The fourth-order valence-corrected chi connectivity index (χ4v) is 8.86. The summed E-state index contributed by atoms with van der Waals surface area (Å²) in [5.74, 6) is -4.78. The molecule has 4 unspecified atom stereocenters. The zero-order chi connectivity index (χ0) is 44.6. The van der Waals surface area contributed by atoms with Crippen molar-refractivity contribution in [2.75, 3.05) is 13.7 Å². The maximum atomic E-state index is 14.0. The molecule has 0 aromatic heterocycles. The molecule has 1 aliphatic heterocycles. The van der Waals surface area contributed by atoms with E-state index in [0.29, 0.717) is 5.57 Å². The van der Waals surface area contributed by atoms with E-state index < -0.39 is 102 Å². The van der Waals surface area contributed by atoms with Gasteiger partial charge >= 0.3 is 5.97 Å². The number of aromatic hydroxyl groups is 2. The number of hydroxylamine groups is 1. The van der Waals surface area contributed by atoms with Gasteiger partial charge in [-0.3, -0.25) is 14.4 Å². The Bertz CT molecular complexity index is 2280. The van der Waals surface area contributed by atoms with Gasteiger partial charge in [0.15, 0.2) is 17.9 Å². The number of ether oxygens (including phenoxy) is 3. The zero-order valence-corrected chi connectivity index (χ0v) is 35.5. The molecule has 3 aliphatic carbocycles. The molecule has 2 aromatic rings. The van der Waals surface area contributed by atoms with E-state index >= 15 is 0 Å². The lowest BCUT2D eigenvalue weighted by atomic mass is 9.72. The van der Waals surface area contributed by atoms with Crippen LogP contribution in [0, 0.1) is 5.41 Å². The Labute approximate surface area is 354 Å². The highest BCUT2D eigenvalue weighted by molar-refractivity contribution is 6.31. The van der Waals surface area contributed by atoms with Crippen molar-refractivity contribution in [3.8, 4) is 17.2 Å². The number of rotatable bonds is 12. The number of Topliss-reactive ketones (excluding diaryl/α,β-unsaturated/α-hetero) is 1. The van der Waals surface area contributed by atoms with Crippen molar-refractivity contribution in [1.29, 1.82) is 0 Å². The van der Waals surface area contributed by atoms with Gasteiger partial charge in [-0.25, -0.2) is 4.79 Å². The van der Waals surface area contributed by atoms with E-state index in [1.54, 1.807) is 19.9 Å². The predicted molar refractivity (Wildman–Crippen MR) is 223 cm³/mol. The van der Waals surface area contributed by atoms with Crippen molar-refractivity contribution in [2.45, 2.75) is 116 Å². The first-order chi connectivity index (χ1) is 28.8. The molecule has 326 valence electrons. The Morgan fingerprint density at radius 3 is 2.44 bits per heavy atom. The second-order valence-electron chi connectivity index (χ2n) is 17.1. The monoisotopic (exact) mass is 841 g/mol. The summed E-state index contributed by atoms with van der Waals surface area (Å²) >= 11 is 0. The van der Waals surface area contributed by atoms with Crippen LogP contribution in [0.4, 0.5) is 0 Å². The molecule has 14 heteroatoms. The normalized spacial score (nSPS) is 26.6. The number of phenolic OH excluding ortho intramolecular Hbond substituents is 2. The van der Waals surface area contributed by atoms with Gasteiger partial charge in [0.2, 0.25) is 5.78 Å². The van der Waals surface area contributed by atoms with Gasteiger partial charge in [0, 0.05) is 42.0 Å². The summed E-state index contributed by atoms with van der Waals surface area (Å²) in [7, 11) is 1.31. The molecule has 1 fully saturated rings. The van der Waals surface area contributed by atoms with Crippen LogP contribution >= 0.6 is 0 Å². The summed E-state index contributed by atoms with van der Waals surface area (Å²) in [4.78, 5) is 58.9. The molecular weight excluding hydrogens is 787 g/mol. The number of hydrogen-bond acceptors (Lipinski definition) is 14. The van der Waals surface area contributed by atoms with Gasteiger partial charge in [-0.2, -0.15) is 0 Å². The largest absolute Gasteiger partial charge is 0.507 e. The lowest BCUT2D eigenvalue weighted by Crippen LogP contribution is -2.54. The number of phenols is 2. The van der Waals surface area contributed by atoms with Gasteiger partial charge < -0.3 is 44.6 Å². The van der Waals surface area contributed by atoms with E-state index in [4.69, 9.17) is 19.0 Å². The molecule has 0 spiro atoms. The average Bonchev–Trinajstić information content (AvgIpc) is 3.20. The summed E-state index contributed by atoms with van der Waals surface area (Å²) < 4.78 is 17.5. The van der Waals surface area contributed by atoms with Crippen molar-refractivity contribution in [3.05, 3.63) is 110 Å². The molecule has 1 saturated heterocycles. The highest BCUT2D eigenvalue weighted by Crippen LogP contribution is 2.52. The van der Waals surface area contributed by atoms with Crippen LogP contribution in [-0.2, 0) is 30.3 Å². The number of carbonyl (C=O) groups is 4. The number of aliphatic hydroxyl groups is 3. The minimum atomic E-state index is -2.34. The van der Waals surface area contributed by atoms with Crippen molar-refractivity contribution in [2.24, 2.45) is 5.41 Å². The van der Waals surface area contributed by atoms with Crippen LogP contribution in [0.3, 0.4) is 0 Å². The third-order valence-electron chi connectivity index (χ3n) is 12.2. The summed E-state index contributed by atoms with van der Waals surface area (Å²) in [6.07, 6.45) is 8.36. The Kier molecular flexibility index (Phi) is 13.4. The predicted octanol–water partition coefficient (Wildman–Crippen LogP) is 5.62. The number of allylic oxidation sites excluding steroid dienone is 9. The smallest absolute Gasteiger partial charge is 0.349 e. The van der Waals surface area contributed by atoms with Crippen LogP contribution < -0.4 is 10.2 Å². The second kappa shape index (κ2) is 18.0. The maximum Gasteiger partial charge on any atom is 0.349 e. The number of nitrogens with one attached hydrogen (secondary N) is 1. The van der Waals surface area contributed by atoms with Gasteiger partial charge in [-0.1, -0.05) is 67.5 Å². The van der Waals surface area contributed by atoms with E-state index in [2.05, 4.69) is 38.4 Å². The van der Waals surface area contributed by atoms with Crippen LogP contribution in [0.1, 0.15) is 123 Å². The Balaban J connectivity index is 1.19. The Morgan fingerprint density at radius 2 is 1.75 bits per heavy atom. The van der Waals surface area contributed by atoms with Crippen molar-refractivity contribution >= 4 is 23.3 Å². The van der Waals surface area contributed by atoms with E-state index in [9.17, 15) is 44.7 Å². The lowest BCUT2D eigenvalue weighted by Gasteiger charge is -2.42. The lowest BCUT2D eigenvalue weighted by molar-refractivity contribution is -0.256. The molecule has 14 nitrogen and oxygen atoms in total. The summed E-state index contributed by atoms with van der Waals surface area (Å²) in [5.41, 5.74) is 3.13. The van der Waals surface area contributed by atoms with Gasteiger partial charge in [-0.15, -0.1) is 5.48 Å². The number of aliphatic hydroxyl groups excluding tert-OH is 2. The first kappa shape index (κ1) is 45.3. The third-order valence-corrected chi connectivity index (χ3v) is 12.2. The Hall–Kier alpha value is -5.22. The van der Waals surface area contributed by atoms with Crippen molar-refractivity contribution in [1.82, 2.24) is 5.48 Å². The minimum Gasteiger partial charge on any atom is -0.507 e. The standard InChI is InChI=1S/C47H55NO13/c1-24(16-17-30-26(3)13-10-18-46(30,5)6)11-8-12-25(2)19-35(51)61-48-31-20-36(59-27(4)41(31)52)60-33-22-47(57,34(50)23-49)21-29-38(33)45(56)40-39(43(29)54)42(53)28-14-9-15-32(58-7)37(28)44(40)55/h8-9,11-12,14-17,19,27,31,33,36,41,48-49,52,54,56-57H,10,13,18,20-23H2,1-7H3/b12-8+,17-16+,24-11+,25-19+/t27?,31?,33-,36?,41?,47-/m0/s1. The van der Waals surface area contributed by atoms with E-state index in [0.717, 1.165) is 18.4 Å². The topological polar surface area (TPSA) is 218 Å². The average molecular weight is 842 g/mol. The number of hydrogen-bond donors (Lipinski definition) is 6. The van der Waals surface area contributed by atoms with Gasteiger partial charge in [0.25, 0.3) is 0 Å². The first-order valence-electron chi connectivity index (χ1n) is 20.4. The summed E-state index contributed by atoms with van der Waals surface area (Å²) in [6, 6.07) is 3.38. The number of fused-ring (bicyclic) bond motifs is 3. The van der Waals surface area contributed by atoms with Crippen LogP contribution in [-0.4, -0.2) is 92.7 Å². The molecule has 0 bridgehead atoms. The maximum absolute atomic E-state index is 14.0. The SMILES string of the molecule is COc1cccc2c1C(=O)c1c(O)c3c(c(O)c1C2=O)C[C@@](O)(C(=O)CO)C[C@@H]3OC1CC(NOC(=O)/C=C(C)/C=C/C=C(C)/C=C/C2=C(C)CCCC2(C)C)C(O)C(C)O1. The fraction of sp³-hybridized carbons (Fsp3) is 0.447. The molecule has 0 saturated carbocycles. The second-order valence-corrected chi connectivity index (χ2v) is 17.1. The summed E-state index contributed by atoms with van der Waals surface area (Å²) in [6.45, 7) is 10.9. The van der Waals surface area contributed by atoms with E-state index in [-0.39, 0.29) is 39.8 Å². The number of ketones is 3. The minimum absolute atomic E-state index is 0.0659. The molecule has 1 heterocycles. The van der Waals surface area contributed by atoms with Gasteiger partial charge in [0.1, 0.15) is 29.5 Å². The Morgan fingerprint density at radius 1 is 1.03 bits per heavy atom. The van der Waals surface area contributed by atoms with Crippen molar-refractivity contribution in [3.63, 3.8) is 0 Å². The molecule has 6 rings (SSSR count). The number of methoxy groups -OCH3 is 1. The van der Waals surface area contributed by atoms with E-state index in [1.165, 1.54) is 49.0 Å². The van der Waals surface area contributed by atoms with Crippen LogP contribution in [0.25, 0.3) is 0 Å². The molecule has 61 heavy (non-hydrogen) atoms.